The van der Waals surface area contributed by atoms with E-state index in [0.717, 1.165) is 12.8 Å². The summed E-state index contributed by atoms with van der Waals surface area (Å²) in [7, 11) is 0. The van der Waals surface area contributed by atoms with Crippen LogP contribution in [0.25, 0.3) is 0 Å². The van der Waals surface area contributed by atoms with Crippen LogP contribution < -0.4 is 11.1 Å². The molecule has 0 bridgehead atoms. The van der Waals surface area contributed by atoms with Crippen molar-refractivity contribution in [2.24, 2.45) is 17.6 Å². The van der Waals surface area contributed by atoms with Crippen LogP contribution in [-0.4, -0.2) is 30.2 Å². The molecule has 0 aliphatic heterocycles. The van der Waals surface area contributed by atoms with Crippen molar-refractivity contribution in [2.75, 3.05) is 13.2 Å². The first-order valence-electron chi connectivity index (χ1n) is 6.16. The molecule has 0 aromatic heterocycles. The molecule has 0 saturated heterocycles. The molecule has 4 nitrogen and oxygen atoms in total. The van der Waals surface area contributed by atoms with E-state index >= 15 is 0 Å². The molecular weight excluding hydrogens is 204 g/mol. The zero-order valence-electron chi connectivity index (χ0n) is 10.7. The van der Waals surface area contributed by atoms with Crippen LogP contribution in [0.1, 0.15) is 40.0 Å². The Morgan fingerprint density at radius 2 is 2.06 bits per heavy atom. The van der Waals surface area contributed by atoms with Gasteiger partial charge in [0.15, 0.2) is 0 Å². The Hall–Kier alpha value is -0.610. The molecule has 4 heteroatoms. The van der Waals surface area contributed by atoms with Crippen molar-refractivity contribution < 1.29 is 9.90 Å². The van der Waals surface area contributed by atoms with E-state index in [-0.39, 0.29) is 24.5 Å². The van der Waals surface area contributed by atoms with Gasteiger partial charge in [-0.3, -0.25) is 4.79 Å². The molecular formula is C12H26N2O2. The second-order valence-corrected chi connectivity index (χ2v) is 4.69. The van der Waals surface area contributed by atoms with Gasteiger partial charge in [-0.1, -0.05) is 20.8 Å². The maximum atomic E-state index is 11.9. The normalized spacial score (nSPS) is 14.9. The van der Waals surface area contributed by atoms with Crippen molar-refractivity contribution in [2.45, 2.75) is 46.1 Å². The highest BCUT2D eigenvalue weighted by Gasteiger charge is 2.20. The molecule has 16 heavy (non-hydrogen) atoms. The van der Waals surface area contributed by atoms with Gasteiger partial charge in [-0.2, -0.15) is 0 Å². The summed E-state index contributed by atoms with van der Waals surface area (Å²) >= 11 is 0. The van der Waals surface area contributed by atoms with Crippen molar-refractivity contribution in [3.63, 3.8) is 0 Å². The lowest BCUT2D eigenvalue weighted by Gasteiger charge is -2.21. The average molecular weight is 230 g/mol. The molecule has 0 aliphatic carbocycles. The minimum Gasteiger partial charge on any atom is -0.396 e. The van der Waals surface area contributed by atoms with Gasteiger partial charge in [0.2, 0.25) is 5.91 Å². The second-order valence-electron chi connectivity index (χ2n) is 4.69. The van der Waals surface area contributed by atoms with Crippen molar-refractivity contribution in [3.05, 3.63) is 0 Å². The van der Waals surface area contributed by atoms with Crippen LogP contribution in [0.2, 0.25) is 0 Å². The molecule has 96 valence electrons. The highest BCUT2D eigenvalue weighted by Crippen LogP contribution is 2.11. The van der Waals surface area contributed by atoms with Crippen LogP contribution in [0, 0.1) is 11.8 Å². The van der Waals surface area contributed by atoms with Gasteiger partial charge in [0.25, 0.3) is 0 Å². The number of aliphatic hydroxyl groups excluding tert-OH is 1. The first-order chi connectivity index (χ1) is 7.54. The molecule has 0 saturated carbocycles. The molecule has 0 radical (unpaired) electrons. The Kier molecular flexibility index (Phi) is 8.21. The van der Waals surface area contributed by atoms with Crippen LogP contribution in [0.5, 0.6) is 0 Å². The number of nitrogens with one attached hydrogen (secondary N) is 1. The number of carbonyl (C=O) groups excluding carboxylic acids is 1. The average Bonchev–Trinajstić information content (AvgIpc) is 2.24. The van der Waals surface area contributed by atoms with Crippen molar-refractivity contribution in [1.29, 1.82) is 0 Å². The summed E-state index contributed by atoms with van der Waals surface area (Å²) in [4.78, 5) is 11.9. The number of amides is 1. The smallest absolute Gasteiger partial charge is 0.224 e. The molecule has 4 N–H and O–H groups in total. The standard InChI is InChI=1S/C12H26N2O2/c1-4-11(5-6-15)14-12(16)10(8-13)7-9(2)3/h9-11,15H,4-8,13H2,1-3H3,(H,14,16). The fourth-order valence-electron chi connectivity index (χ4n) is 1.73. The number of hydrogen-bond acceptors (Lipinski definition) is 3. The third-order valence-corrected chi connectivity index (χ3v) is 2.73. The molecule has 1 amide bonds. The molecule has 0 fully saturated rings. The Bertz CT molecular complexity index is 195. The van der Waals surface area contributed by atoms with Crippen LogP contribution in [0.3, 0.4) is 0 Å². The first kappa shape index (κ1) is 15.4. The summed E-state index contributed by atoms with van der Waals surface area (Å²) in [5.74, 6) is 0.390. The highest BCUT2D eigenvalue weighted by atomic mass is 16.3. The van der Waals surface area contributed by atoms with Crippen LogP contribution in [0.15, 0.2) is 0 Å². The third kappa shape index (κ3) is 6.08. The summed E-state index contributed by atoms with van der Waals surface area (Å²) < 4.78 is 0. The summed E-state index contributed by atoms with van der Waals surface area (Å²) in [6.45, 7) is 6.66. The molecule has 0 rings (SSSR count). The van der Waals surface area contributed by atoms with Gasteiger partial charge in [-0.25, -0.2) is 0 Å². The molecule has 0 aromatic rings. The van der Waals surface area contributed by atoms with E-state index in [1.807, 2.05) is 6.92 Å². The van der Waals surface area contributed by atoms with Crippen molar-refractivity contribution >= 4 is 5.91 Å². The molecule has 0 spiro atoms. The summed E-state index contributed by atoms with van der Waals surface area (Å²) in [5, 5.41) is 11.8. The number of hydrogen-bond donors (Lipinski definition) is 3. The summed E-state index contributed by atoms with van der Waals surface area (Å²) in [5.41, 5.74) is 5.60. The van der Waals surface area contributed by atoms with Crippen LogP contribution in [0.4, 0.5) is 0 Å². The topological polar surface area (TPSA) is 75.3 Å². The van der Waals surface area contributed by atoms with E-state index in [0.29, 0.717) is 18.9 Å². The van der Waals surface area contributed by atoms with Gasteiger partial charge >= 0.3 is 0 Å². The van der Waals surface area contributed by atoms with Gasteiger partial charge in [0.1, 0.15) is 0 Å². The molecule has 2 atom stereocenters. The Labute approximate surface area is 98.6 Å². The number of aliphatic hydroxyl groups is 1. The number of rotatable bonds is 8. The Morgan fingerprint density at radius 3 is 2.44 bits per heavy atom. The SMILES string of the molecule is CCC(CCO)NC(=O)C(CN)CC(C)C. The predicted octanol–water partition coefficient (Wildman–Crippen LogP) is 0.885. The zero-order chi connectivity index (χ0) is 12.6. The lowest BCUT2D eigenvalue weighted by atomic mass is 9.96. The first-order valence-corrected chi connectivity index (χ1v) is 6.16. The minimum atomic E-state index is -0.104. The largest absolute Gasteiger partial charge is 0.396 e. The molecule has 0 aromatic carbocycles. The van der Waals surface area contributed by atoms with E-state index in [4.69, 9.17) is 10.8 Å². The van der Waals surface area contributed by atoms with E-state index in [9.17, 15) is 4.79 Å². The second kappa shape index (κ2) is 8.53. The third-order valence-electron chi connectivity index (χ3n) is 2.73. The quantitative estimate of drug-likeness (QED) is 0.579. The van der Waals surface area contributed by atoms with Crippen molar-refractivity contribution in [3.8, 4) is 0 Å². The lowest BCUT2D eigenvalue weighted by Crippen LogP contribution is -2.41. The minimum absolute atomic E-state index is 0.0245. The van der Waals surface area contributed by atoms with Gasteiger partial charge in [0, 0.05) is 19.2 Å². The van der Waals surface area contributed by atoms with Gasteiger partial charge in [0.05, 0.1) is 5.92 Å². The van der Waals surface area contributed by atoms with Crippen LogP contribution in [-0.2, 0) is 4.79 Å². The maximum Gasteiger partial charge on any atom is 0.224 e. The van der Waals surface area contributed by atoms with Gasteiger partial charge in [-0.05, 0) is 25.2 Å². The summed E-state index contributed by atoms with van der Waals surface area (Å²) in [6.07, 6.45) is 2.27. The fraction of sp³-hybridized carbons (Fsp3) is 0.917. The van der Waals surface area contributed by atoms with Gasteiger partial charge < -0.3 is 16.2 Å². The van der Waals surface area contributed by atoms with E-state index in [1.54, 1.807) is 0 Å². The highest BCUT2D eigenvalue weighted by molar-refractivity contribution is 5.79. The molecule has 0 heterocycles. The van der Waals surface area contributed by atoms with E-state index < -0.39 is 0 Å². The number of nitrogens with two attached hydrogens (primary N) is 1. The van der Waals surface area contributed by atoms with Crippen LogP contribution >= 0.6 is 0 Å². The van der Waals surface area contributed by atoms with E-state index in [1.165, 1.54) is 0 Å². The van der Waals surface area contributed by atoms with Crippen molar-refractivity contribution in [1.82, 2.24) is 5.32 Å². The maximum absolute atomic E-state index is 11.9. The molecule has 0 aliphatic rings. The summed E-state index contributed by atoms with van der Waals surface area (Å²) in [6, 6.07) is 0.0683. The number of carbonyl (C=O) groups is 1. The molecule has 2 unspecified atom stereocenters. The monoisotopic (exact) mass is 230 g/mol. The lowest BCUT2D eigenvalue weighted by molar-refractivity contribution is -0.126. The zero-order valence-corrected chi connectivity index (χ0v) is 10.7. The predicted molar refractivity (Wildman–Crippen MR) is 65.9 cm³/mol. The van der Waals surface area contributed by atoms with Gasteiger partial charge in [-0.15, -0.1) is 0 Å². The van der Waals surface area contributed by atoms with E-state index in [2.05, 4.69) is 19.2 Å². The fourth-order valence-corrected chi connectivity index (χ4v) is 1.73. The Morgan fingerprint density at radius 1 is 1.44 bits per heavy atom. The Balaban J connectivity index is 4.17.